The molecule has 0 aromatic heterocycles. The molecule has 9 aliphatic rings. The zero-order chi connectivity index (χ0) is 105. The van der Waals surface area contributed by atoms with Gasteiger partial charge in [0.15, 0.2) is 0 Å². The minimum Gasteiger partial charge on any atom is -0.465 e. The van der Waals surface area contributed by atoms with E-state index in [1.54, 1.807) is 0 Å². The summed E-state index contributed by atoms with van der Waals surface area (Å²) in [6, 6.07) is 0. The molecule has 14 nitrogen and oxygen atoms in total. The van der Waals surface area contributed by atoms with Crippen LogP contribution in [0.5, 0.6) is 0 Å². The predicted octanol–water partition coefficient (Wildman–Crippen LogP) is 46.1. The van der Waals surface area contributed by atoms with Gasteiger partial charge in [-0.15, -0.1) is 0 Å². The number of carbonyl (C=O) groups excluding carboxylic acids is 7. The first kappa shape index (κ1) is 191. The number of esters is 7. The van der Waals surface area contributed by atoms with E-state index in [2.05, 4.69) is 69.2 Å². The van der Waals surface area contributed by atoms with Gasteiger partial charge in [-0.25, -0.2) is 0 Å². The number of fused-ring (bicyclic) bond motifs is 2. The molecule has 147 heavy (non-hydrogen) atoms. The Kier molecular flexibility index (Phi) is 124. The molecule has 0 aromatic carbocycles. The zero-order valence-corrected chi connectivity index (χ0v) is 98.2. The first-order chi connectivity index (χ1) is 62.1. The van der Waals surface area contributed by atoms with Crippen LogP contribution in [-0.4, -0.2) is 82.0 Å². The highest BCUT2D eigenvalue weighted by Gasteiger charge is 2.60. The molecule has 2 bridgehead atoms. The molecule has 0 aromatic rings. The molecule has 0 saturated heterocycles. The van der Waals surface area contributed by atoms with Gasteiger partial charge in [-0.1, -0.05) is 373 Å². The number of rotatable bonds is 26. The number of ether oxygens (including phenoxy) is 7. The van der Waals surface area contributed by atoms with Gasteiger partial charge in [0.2, 0.25) is 0 Å². The maximum atomic E-state index is 12.8. The Bertz CT molecular complexity index is 2940. The molecule has 3 atom stereocenters. The maximum Gasteiger partial charge on any atom is 0.312 e. The van der Waals surface area contributed by atoms with Gasteiger partial charge in [0.25, 0.3) is 0 Å². The summed E-state index contributed by atoms with van der Waals surface area (Å²) in [5, 5.41) is 0. The lowest BCUT2D eigenvalue weighted by Crippen LogP contribution is -2.49. The molecular weight excluding hydrogens is 1820 g/mol. The Balaban J connectivity index is -0.0000000686. The molecule has 908 valence electrons. The van der Waals surface area contributed by atoms with E-state index in [0.29, 0.717) is 36.2 Å². The van der Waals surface area contributed by atoms with Crippen LogP contribution in [0.1, 0.15) is 711 Å². The van der Waals surface area contributed by atoms with Crippen molar-refractivity contribution in [1.82, 2.24) is 0 Å². The highest BCUT2D eigenvalue weighted by atomic mass is 16.6. The highest BCUT2D eigenvalue weighted by Crippen LogP contribution is 2.61. The summed E-state index contributed by atoms with van der Waals surface area (Å²) < 4.78 is 40.6. The van der Waals surface area contributed by atoms with Gasteiger partial charge in [0.05, 0.1) is 44.5 Å². The second kappa shape index (κ2) is 95.7. The quantitative estimate of drug-likeness (QED) is 0.0453. The van der Waals surface area contributed by atoms with E-state index in [9.17, 15) is 33.6 Å². The van der Waals surface area contributed by atoms with Crippen LogP contribution in [0.2, 0.25) is 0 Å². The fourth-order valence-corrected chi connectivity index (χ4v) is 18.1. The lowest BCUT2D eigenvalue weighted by Gasteiger charge is -2.47. The van der Waals surface area contributed by atoms with Crippen molar-refractivity contribution in [3.8, 4) is 0 Å². The first-order valence-electron chi connectivity index (χ1n) is 56.6. The zero-order valence-electron chi connectivity index (χ0n) is 98.2. The maximum absolute atomic E-state index is 12.8. The largest absolute Gasteiger partial charge is 0.465 e. The third-order valence-electron chi connectivity index (χ3n) is 31.6. The smallest absolute Gasteiger partial charge is 0.312 e. The van der Waals surface area contributed by atoms with E-state index in [-0.39, 0.29) is 223 Å². The molecule has 9 rings (SSSR count). The van der Waals surface area contributed by atoms with Crippen molar-refractivity contribution in [2.24, 2.45) is 78.8 Å². The Labute approximate surface area is 933 Å². The van der Waals surface area contributed by atoms with E-state index in [1.807, 2.05) is 249 Å². The Morgan fingerprint density at radius 3 is 0.680 bits per heavy atom. The molecule has 9 saturated carbocycles. The minimum absolute atomic E-state index is 0. The Morgan fingerprint density at radius 1 is 0.231 bits per heavy atom. The van der Waals surface area contributed by atoms with Crippen LogP contribution >= 0.6 is 0 Å². The molecule has 0 spiro atoms. The standard InChI is InChI=1S/C20H36O2.C15H26O2.C15H28O2.2C14H26O2.C13H24O2.C12H22O2.8C2H6.14CH4/c1-5-19(2,3)18(21)22-20(4,16-12-8-6-9-13-16)17-14-10-7-11-15-17;1-6-13(2,3)12(16)17-15(5)10-11-7-8-14(15,4)9-11;1-6-14(2,3)13(16)17-15(4,5)12-10-8-7-9-11-12;1-6-13(2,3)12(15)16-14(4,5)11-9-7-8-10-11;1-4-14(2,3)13(15)16-11-12-9-7-5-6-8-10-12;1-5-12(2,3)11(14)15-13(4)9-7-6-8-10-13;1-5-11(2,3)10(13)14-12(4)8-6-7-9-12;8*1-2;;;;;;;;;;;;;;/h16-17H,5-15H2,1-4H3;11H,6-10H2,1-5H3;12H,6-11H2,1-5H3;11H,6-10H2,1-5H3;12H,4-11H2,1-3H3;5-10H2,1-4H3;5-9H2,1-4H3;8*1-2H3;14*1H4. The Hall–Kier alpha value is -3.71. The van der Waals surface area contributed by atoms with Gasteiger partial charge < -0.3 is 33.2 Å². The third-order valence-corrected chi connectivity index (χ3v) is 31.6. The van der Waals surface area contributed by atoms with Gasteiger partial charge in [0.1, 0.15) is 33.6 Å². The number of carbonyl (C=O) groups is 7. The number of hydrogen-bond acceptors (Lipinski definition) is 14. The van der Waals surface area contributed by atoms with Gasteiger partial charge in [0, 0.05) is 5.41 Å². The van der Waals surface area contributed by atoms with Crippen LogP contribution in [0.4, 0.5) is 0 Å². The topological polar surface area (TPSA) is 184 Å². The molecular formula is C133H292O14. The first-order valence-corrected chi connectivity index (χ1v) is 56.6. The van der Waals surface area contributed by atoms with E-state index >= 15 is 0 Å². The van der Waals surface area contributed by atoms with Crippen LogP contribution < -0.4 is 0 Å². The second-order valence-corrected chi connectivity index (χ2v) is 45.1. The summed E-state index contributed by atoms with van der Waals surface area (Å²) in [5.74, 6) is 3.42. The molecule has 0 heterocycles. The predicted molar refractivity (Wildman–Crippen MR) is 667 cm³/mol. The van der Waals surface area contributed by atoms with Crippen LogP contribution in [0.25, 0.3) is 0 Å². The molecule has 0 aliphatic heterocycles. The monoisotopic (exact) mass is 2110 g/mol. The lowest BCUT2D eigenvalue weighted by molar-refractivity contribution is -0.187. The van der Waals surface area contributed by atoms with Gasteiger partial charge in [-0.2, -0.15) is 0 Å². The lowest BCUT2D eigenvalue weighted by atomic mass is 9.67. The SMILES string of the molecule is C.C.C.C.C.C.C.C.C.C.C.C.C.C.CC.CC.CC.CC.CC.CC.CC.CC.CCC(C)(C)C(=O)OC(C)(C)C1CCCC1.CCC(C)(C)C(=O)OC(C)(C)C1CCCCC1.CCC(C)(C)C(=O)OC(C)(C1CCCCC1)C1CCCCC1.CCC(C)(C)C(=O)OC1(C)CC2CCC1(C)C2.CCC(C)(C)C(=O)OC1(C)CCCC1.CCC(C)(C)C(=O)OC1(C)CCCCC1.CCC(C)(C)C(=O)OCC1CCCCCC1. The van der Waals surface area contributed by atoms with Crippen LogP contribution in [-0.2, 0) is 66.7 Å². The summed E-state index contributed by atoms with van der Waals surface area (Å²) >= 11 is 0. The molecule has 0 amide bonds. The Morgan fingerprint density at radius 2 is 0.435 bits per heavy atom. The summed E-state index contributed by atoms with van der Waals surface area (Å²) in [6.07, 6.45) is 52.8. The molecule has 3 unspecified atom stereocenters. The molecule has 0 radical (unpaired) electrons. The van der Waals surface area contributed by atoms with Crippen LogP contribution in [0.15, 0.2) is 0 Å². The number of hydrogen-bond donors (Lipinski definition) is 0. The average Bonchev–Trinajstić information content (AvgIpc) is 1.58. The third kappa shape index (κ3) is 68.4. The summed E-state index contributed by atoms with van der Waals surface area (Å²) in [6.45, 7) is 93.7. The van der Waals surface area contributed by atoms with Crippen LogP contribution in [0, 0.1) is 78.8 Å². The van der Waals surface area contributed by atoms with Crippen molar-refractivity contribution in [2.45, 2.75) is 745 Å². The van der Waals surface area contributed by atoms with Crippen molar-refractivity contribution in [1.29, 1.82) is 0 Å². The van der Waals surface area contributed by atoms with Crippen molar-refractivity contribution < 1.29 is 66.7 Å². The van der Waals surface area contributed by atoms with Crippen LogP contribution in [0.3, 0.4) is 0 Å². The van der Waals surface area contributed by atoms with Gasteiger partial charge >= 0.3 is 41.8 Å². The van der Waals surface area contributed by atoms with E-state index in [1.165, 1.54) is 212 Å². The second-order valence-electron chi connectivity index (χ2n) is 45.1. The van der Waals surface area contributed by atoms with Crippen molar-refractivity contribution in [2.75, 3.05) is 6.61 Å². The van der Waals surface area contributed by atoms with Crippen molar-refractivity contribution in [3.05, 3.63) is 0 Å². The molecule has 14 heteroatoms. The summed E-state index contributed by atoms with van der Waals surface area (Å²) in [4.78, 5) is 84.8. The van der Waals surface area contributed by atoms with Crippen molar-refractivity contribution >= 4 is 41.8 Å². The van der Waals surface area contributed by atoms with E-state index in [4.69, 9.17) is 33.2 Å². The fourth-order valence-electron chi connectivity index (χ4n) is 18.1. The fraction of sp³-hybridized carbons (Fsp3) is 0.947. The van der Waals surface area contributed by atoms with E-state index in [0.717, 1.165) is 83.0 Å². The molecule has 9 aliphatic carbocycles. The molecule has 9 fully saturated rings. The average molecular weight is 2120 g/mol. The summed E-state index contributed by atoms with van der Waals surface area (Å²) in [7, 11) is 0. The molecule has 0 N–H and O–H groups in total. The summed E-state index contributed by atoms with van der Waals surface area (Å²) in [5.41, 5.74) is -3.58. The van der Waals surface area contributed by atoms with Gasteiger partial charge in [-0.05, 0) is 374 Å². The van der Waals surface area contributed by atoms with Crippen molar-refractivity contribution in [3.63, 3.8) is 0 Å². The van der Waals surface area contributed by atoms with Gasteiger partial charge in [-0.3, -0.25) is 33.6 Å². The van der Waals surface area contributed by atoms with E-state index < -0.39 is 0 Å². The minimum atomic E-state index is -0.357. The normalized spacial score (nSPS) is 18.9. The highest BCUT2D eigenvalue weighted by molar-refractivity contribution is 5.79.